The third kappa shape index (κ3) is 3.79. The van der Waals surface area contributed by atoms with Crippen LogP contribution in [0.2, 0.25) is 0 Å². The lowest BCUT2D eigenvalue weighted by Crippen LogP contribution is -2.15. The van der Waals surface area contributed by atoms with Gasteiger partial charge in [0.15, 0.2) is 0 Å². The van der Waals surface area contributed by atoms with Crippen molar-refractivity contribution in [2.24, 2.45) is 0 Å². The predicted molar refractivity (Wildman–Crippen MR) is 208 cm³/mol. The van der Waals surface area contributed by atoms with Crippen LogP contribution in [0.25, 0.3) is 72.1 Å². The molecule has 0 aromatic heterocycles. The minimum Gasteiger partial charge on any atom is -0.0984 e. The first-order chi connectivity index (χ1) is 23.1. The molecule has 0 fully saturated rings. The van der Waals surface area contributed by atoms with Crippen molar-refractivity contribution in [3.63, 3.8) is 0 Å². The van der Waals surface area contributed by atoms with Crippen LogP contribution in [0.4, 0.5) is 0 Å². The van der Waals surface area contributed by atoms with Crippen LogP contribution in [0, 0.1) is 6.92 Å². The maximum absolute atomic E-state index is 6.94. The highest BCUT2D eigenvalue weighted by molar-refractivity contribution is 6.41. The molecule has 48 heavy (non-hydrogen) atoms. The Bertz CT molecular complexity index is 2540. The molecule has 0 unspecified atom stereocenters. The second kappa shape index (κ2) is 9.94. The Morgan fingerprint density at radius 2 is 1.00 bits per heavy atom. The van der Waals surface area contributed by atoms with E-state index >= 15 is 0 Å². The van der Waals surface area contributed by atoms with Gasteiger partial charge >= 0.3 is 0 Å². The molecule has 7 aromatic carbocycles. The fraction of sp³-hybridized carbons (Fsp3) is 0.149. The van der Waals surface area contributed by atoms with Crippen LogP contribution >= 0.6 is 0 Å². The first kappa shape index (κ1) is 29.0. The van der Waals surface area contributed by atoms with Gasteiger partial charge in [-0.25, -0.2) is 0 Å². The number of hydrogen-bond acceptors (Lipinski definition) is 0. The van der Waals surface area contributed by atoms with Gasteiger partial charge in [0.1, 0.15) is 7.85 Å². The van der Waals surface area contributed by atoms with Crippen LogP contribution in [-0.2, 0) is 10.8 Å². The zero-order chi connectivity index (χ0) is 33.1. The van der Waals surface area contributed by atoms with Gasteiger partial charge in [0.05, 0.1) is 0 Å². The monoisotopic (exact) mass is 612 g/mol. The van der Waals surface area contributed by atoms with Crippen molar-refractivity contribution in [1.29, 1.82) is 0 Å². The summed E-state index contributed by atoms with van der Waals surface area (Å²) in [6.07, 6.45) is 2.03. The number of fused-ring (bicyclic) bond motifs is 9. The molecular weight excluding hydrogens is 575 g/mol. The molecule has 0 N–H and O–H groups in total. The Balaban J connectivity index is 1.27. The molecule has 0 heterocycles. The third-order valence-corrected chi connectivity index (χ3v) is 11.6. The summed E-state index contributed by atoms with van der Waals surface area (Å²) in [5.74, 6) is 0. The van der Waals surface area contributed by atoms with Crippen molar-refractivity contribution in [3.8, 4) is 44.5 Å². The van der Waals surface area contributed by atoms with E-state index in [1.807, 2.05) is 6.08 Å². The summed E-state index contributed by atoms with van der Waals surface area (Å²) < 4.78 is 0. The molecule has 0 spiro atoms. The van der Waals surface area contributed by atoms with Gasteiger partial charge < -0.3 is 0 Å². The molecular formula is C47H37B. The normalized spacial score (nSPS) is 14.9. The third-order valence-electron chi connectivity index (χ3n) is 11.6. The van der Waals surface area contributed by atoms with Crippen LogP contribution in [0.1, 0.15) is 61.1 Å². The number of benzene rings is 7. The molecule has 2 radical (unpaired) electrons. The summed E-state index contributed by atoms with van der Waals surface area (Å²) in [6, 6.07) is 42.8. The molecule has 0 nitrogen and oxygen atoms in total. The number of aryl methyl sites for hydroxylation is 1. The Labute approximate surface area is 285 Å². The second-order valence-electron chi connectivity index (χ2n) is 14.8. The maximum Gasteiger partial charge on any atom is 0.114 e. The first-order valence-electron chi connectivity index (χ1n) is 17.0. The smallest absolute Gasteiger partial charge is 0.0984 e. The highest BCUT2D eigenvalue weighted by Gasteiger charge is 2.36. The van der Waals surface area contributed by atoms with E-state index in [9.17, 15) is 0 Å². The molecule has 0 amide bonds. The minimum absolute atomic E-state index is 0.0553. The van der Waals surface area contributed by atoms with Gasteiger partial charge in [-0.2, -0.15) is 0 Å². The molecule has 0 aliphatic heterocycles. The molecule has 0 bridgehead atoms. The van der Waals surface area contributed by atoms with Gasteiger partial charge in [-0.1, -0.05) is 149 Å². The van der Waals surface area contributed by atoms with Gasteiger partial charge in [-0.15, -0.1) is 0 Å². The Kier molecular flexibility index (Phi) is 6.01. The largest absolute Gasteiger partial charge is 0.114 e. The molecule has 9 rings (SSSR count). The zero-order valence-electron chi connectivity index (χ0n) is 28.3. The SMILES string of the molecule is [B]c1cc(-c2ccc3c(c2)C(C)(C)c2ccccc2-3)c(C=C)c2c1ccc1c(-c3ccc4c(c3)C(C)(C)c3ccccc3-4)ccc(C)c12. The summed E-state index contributed by atoms with van der Waals surface area (Å²) in [5.41, 5.74) is 18.6. The van der Waals surface area contributed by atoms with E-state index in [-0.39, 0.29) is 10.8 Å². The van der Waals surface area contributed by atoms with E-state index < -0.39 is 0 Å². The van der Waals surface area contributed by atoms with Gasteiger partial charge in [-0.3, -0.25) is 0 Å². The number of rotatable bonds is 3. The lowest BCUT2D eigenvalue weighted by atomic mass is 9.78. The summed E-state index contributed by atoms with van der Waals surface area (Å²) in [4.78, 5) is 0. The second-order valence-corrected chi connectivity index (χ2v) is 14.8. The number of hydrogen-bond donors (Lipinski definition) is 0. The molecule has 1 heteroatoms. The van der Waals surface area contributed by atoms with Crippen molar-refractivity contribution < 1.29 is 0 Å². The lowest BCUT2D eigenvalue weighted by molar-refractivity contribution is 0.660. The molecule has 7 aromatic rings. The predicted octanol–water partition coefficient (Wildman–Crippen LogP) is 11.7. The summed E-state index contributed by atoms with van der Waals surface area (Å²) in [5, 5.41) is 4.72. The molecule has 0 atom stereocenters. The average molecular weight is 613 g/mol. The van der Waals surface area contributed by atoms with Gasteiger partial charge in [0.2, 0.25) is 0 Å². The Morgan fingerprint density at radius 3 is 1.58 bits per heavy atom. The van der Waals surface area contributed by atoms with Gasteiger partial charge in [-0.05, 0) is 118 Å². The van der Waals surface area contributed by atoms with E-state index in [2.05, 4.69) is 156 Å². The standard InChI is InChI=1S/C47H37B/c1-7-30-38(29-18-21-35-33-13-9-11-15-40(33)47(5,6)42(35)25-29)26-43(48)37-23-22-36-31(19-16-27(2)44(36)45(30)37)28-17-20-34-32-12-8-10-14-39(32)46(3,4)41(34)24-28/h7-26H,1H2,2-6H3. The Hall–Kier alpha value is -5.14. The molecule has 0 saturated carbocycles. The van der Waals surface area contributed by atoms with Crippen molar-refractivity contribution in [3.05, 3.63) is 155 Å². The quantitative estimate of drug-likeness (QED) is 0.138. The van der Waals surface area contributed by atoms with E-state index in [4.69, 9.17) is 7.85 Å². The Morgan fingerprint density at radius 1 is 0.500 bits per heavy atom. The topological polar surface area (TPSA) is 0 Å². The minimum atomic E-state index is -0.0807. The lowest BCUT2D eigenvalue weighted by Gasteiger charge is -2.23. The van der Waals surface area contributed by atoms with Crippen LogP contribution in [0.3, 0.4) is 0 Å². The summed E-state index contributed by atoms with van der Waals surface area (Å²) in [7, 11) is 6.94. The fourth-order valence-corrected chi connectivity index (χ4v) is 9.03. The van der Waals surface area contributed by atoms with Crippen molar-refractivity contribution in [2.75, 3.05) is 0 Å². The summed E-state index contributed by atoms with van der Waals surface area (Å²) >= 11 is 0. The van der Waals surface area contributed by atoms with Crippen molar-refractivity contribution >= 4 is 40.9 Å². The van der Waals surface area contributed by atoms with E-state index in [1.165, 1.54) is 82.9 Å². The fourth-order valence-electron chi connectivity index (χ4n) is 9.03. The van der Waals surface area contributed by atoms with Crippen LogP contribution in [0.15, 0.2) is 122 Å². The first-order valence-corrected chi connectivity index (χ1v) is 17.0. The van der Waals surface area contributed by atoms with E-state index in [1.54, 1.807) is 0 Å². The molecule has 2 aliphatic carbocycles. The highest BCUT2D eigenvalue weighted by atomic mass is 14.4. The maximum atomic E-state index is 6.94. The summed E-state index contributed by atoms with van der Waals surface area (Å²) in [6.45, 7) is 16.0. The van der Waals surface area contributed by atoms with Gasteiger partial charge in [0, 0.05) is 10.8 Å². The average Bonchev–Trinajstić information content (AvgIpc) is 3.47. The van der Waals surface area contributed by atoms with Crippen LogP contribution in [-0.4, -0.2) is 7.85 Å². The van der Waals surface area contributed by atoms with E-state index in [0.717, 1.165) is 22.0 Å². The van der Waals surface area contributed by atoms with Crippen molar-refractivity contribution in [1.82, 2.24) is 0 Å². The molecule has 0 saturated heterocycles. The van der Waals surface area contributed by atoms with E-state index in [0.29, 0.717) is 0 Å². The molecule has 2 aliphatic rings. The highest BCUT2D eigenvalue weighted by Crippen LogP contribution is 2.52. The van der Waals surface area contributed by atoms with Gasteiger partial charge in [0.25, 0.3) is 0 Å². The van der Waals surface area contributed by atoms with Crippen molar-refractivity contribution in [2.45, 2.75) is 45.4 Å². The molecule has 228 valence electrons. The van der Waals surface area contributed by atoms with Crippen LogP contribution < -0.4 is 5.46 Å². The van der Waals surface area contributed by atoms with Crippen LogP contribution in [0.5, 0.6) is 0 Å². The zero-order valence-corrected chi connectivity index (χ0v) is 28.3.